The minimum atomic E-state index is -4.92. The van der Waals surface area contributed by atoms with E-state index in [2.05, 4.69) is 19.0 Å². The topological polar surface area (TPSA) is 29.4 Å². The van der Waals surface area contributed by atoms with Crippen molar-refractivity contribution in [2.45, 2.75) is 59.4 Å². The molecular weight excluding hydrogens is 324 g/mol. The van der Waals surface area contributed by atoms with Gasteiger partial charge in [-0.1, -0.05) is 39.3 Å². The second kappa shape index (κ2) is 10.2. The smallest absolute Gasteiger partial charge is 0.166 e. The SMILES string of the molecule is CC.CCC.C[C@@H](N=O)c1cc(C(F)(F)F)cc(C(F)(F)F)c1. The highest BCUT2D eigenvalue weighted by molar-refractivity contribution is 5.35. The summed E-state index contributed by atoms with van der Waals surface area (Å²) in [5.74, 6) is 0. The standard InChI is InChI=1S/C10H7F6NO.C3H8.C2H6/c1-5(17-18)6-2-7(9(11,12)13)4-8(3-6)10(14,15)16;1-3-2;1-2/h2-5H,1H3;3H2,1-2H3;1-2H3/t5-;;/m1../s1. The molecule has 0 aliphatic carbocycles. The normalized spacial score (nSPS) is 12.3. The third-order valence-electron chi connectivity index (χ3n) is 2.25. The van der Waals surface area contributed by atoms with Gasteiger partial charge in [0, 0.05) is 0 Å². The lowest BCUT2D eigenvalue weighted by Crippen LogP contribution is -2.12. The molecule has 0 fully saturated rings. The molecule has 0 N–H and O–H groups in total. The monoisotopic (exact) mass is 345 g/mol. The van der Waals surface area contributed by atoms with E-state index in [-0.39, 0.29) is 6.07 Å². The molecule has 1 aromatic rings. The van der Waals surface area contributed by atoms with Crippen molar-refractivity contribution in [1.82, 2.24) is 0 Å². The third-order valence-corrected chi connectivity index (χ3v) is 2.25. The van der Waals surface area contributed by atoms with Crippen molar-refractivity contribution >= 4 is 0 Å². The van der Waals surface area contributed by atoms with Crippen LogP contribution in [-0.4, -0.2) is 0 Å². The number of hydrogen-bond donors (Lipinski definition) is 0. The Labute approximate surface area is 131 Å². The molecule has 0 amide bonds. The van der Waals surface area contributed by atoms with Crippen molar-refractivity contribution in [1.29, 1.82) is 0 Å². The zero-order chi connectivity index (χ0) is 18.8. The Kier molecular flexibility index (Phi) is 10.5. The van der Waals surface area contributed by atoms with E-state index in [4.69, 9.17) is 0 Å². The minimum absolute atomic E-state index is 0.00101. The van der Waals surface area contributed by atoms with Crippen LogP contribution in [0.5, 0.6) is 0 Å². The van der Waals surface area contributed by atoms with Crippen LogP contribution in [0.4, 0.5) is 26.3 Å². The van der Waals surface area contributed by atoms with E-state index < -0.39 is 35.1 Å². The fourth-order valence-electron chi connectivity index (χ4n) is 1.28. The molecule has 23 heavy (non-hydrogen) atoms. The zero-order valence-electron chi connectivity index (χ0n) is 13.6. The van der Waals surface area contributed by atoms with Crippen molar-refractivity contribution in [2.75, 3.05) is 0 Å². The Hall–Kier alpha value is -1.60. The van der Waals surface area contributed by atoms with Gasteiger partial charge in [0.25, 0.3) is 0 Å². The summed E-state index contributed by atoms with van der Waals surface area (Å²) >= 11 is 0. The Bertz CT molecular complexity index is 436. The molecule has 0 saturated heterocycles. The Morgan fingerprint density at radius 2 is 1.22 bits per heavy atom. The van der Waals surface area contributed by atoms with Gasteiger partial charge in [0.2, 0.25) is 0 Å². The highest BCUT2D eigenvalue weighted by atomic mass is 19.4. The maximum atomic E-state index is 12.4. The number of hydrogen-bond acceptors (Lipinski definition) is 2. The van der Waals surface area contributed by atoms with Crippen LogP contribution < -0.4 is 0 Å². The van der Waals surface area contributed by atoms with Gasteiger partial charge in [0.1, 0.15) is 6.04 Å². The molecule has 0 heterocycles. The molecule has 0 unspecified atom stereocenters. The number of nitrogens with zero attached hydrogens (tertiary/aromatic N) is 1. The average molecular weight is 345 g/mol. The van der Waals surface area contributed by atoms with E-state index in [0.717, 1.165) is 6.92 Å². The largest absolute Gasteiger partial charge is 0.416 e. The van der Waals surface area contributed by atoms with Crippen LogP contribution >= 0.6 is 0 Å². The molecule has 0 radical (unpaired) electrons. The van der Waals surface area contributed by atoms with Crippen molar-refractivity contribution < 1.29 is 26.3 Å². The van der Waals surface area contributed by atoms with E-state index in [9.17, 15) is 31.2 Å². The lowest BCUT2D eigenvalue weighted by molar-refractivity contribution is -0.143. The summed E-state index contributed by atoms with van der Waals surface area (Å²) in [5, 5.41) is 2.42. The third kappa shape index (κ3) is 8.56. The summed E-state index contributed by atoms with van der Waals surface area (Å²) in [6.45, 7) is 9.36. The van der Waals surface area contributed by atoms with Crippen LogP contribution in [0.15, 0.2) is 23.4 Å². The van der Waals surface area contributed by atoms with Crippen LogP contribution in [0, 0.1) is 4.91 Å². The summed E-state index contributed by atoms with van der Waals surface area (Å²) in [6.07, 6.45) is -8.59. The highest BCUT2D eigenvalue weighted by Gasteiger charge is 2.37. The molecule has 0 saturated carbocycles. The molecule has 0 aliphatic heterocycles. The van der Waals surface area contributed by atoms with Crippen molar-refractivity contribution in [3.05, 3.63) is 39.8 Å². The molecule has 0 spiro atoms. The molecule has 1 atom stereocenters. The summed E-state index contributed by atoms with van der Waals surface area (Å²) in [4.78, 5) is 10.2. The second-order valence-electron chi connectivity index (χ2n) is 4.33. The lowest BCUT2D eigenvalue weighted by Gasteiger charge is -2.14. The number of rotatable bonds is 2. The van der Waals surface area contributed by atoms with Crippen LogP contribution in [0.3, 0.4) is 0 Å². The maximum Gasteiger partial charge on any atom is 0.416 e. The van der Waals surface area contributed by atoms with Crippen LogP contribution in [0.2, 0.25) is 0 Å². The predicted molar refractivity (Wildman–Crippen MR) is 78.0 cm³/mol. The van der Waals surface area contributed by atoms with E-state index in [1.165, 1.54) is 6.42 Å². The van der Waals surface area contributed by atoms with Gasteiger partial charge in [-0.3, -0.25) is 0 Å². The van der Waals surface area contributed by atoms with Crippen LogP contribution in [-0.2, 0) is 12.4 Å². The summed E-state index contributed by atoms with van der Waals surface area (Å²) in [7, 11) is 0. The minimum Gasteiger partial charge on any atom is -0.166 e. The van der Waals surface area contributed by atoms with Gasteiger partial charge in [-0.2, -0.15) is 31.2 Å². The lowest BCUT2D eigenvalue weighted by atomic mass is 10.0. The van der Waals surface area contributed by atoms with Gasteiger partial charge in [-0.05, 0) is 30.7 Å². The molecule has 1 rings (SSSR count). The quantitative estimate of drug-likeness (QED) is 0.419. The molecule has 0 aromatic heterocycles. The van der Waals surface area contributed by atoms with Gasteiger partial charge in [-0.25, -0.2) is 0 Å². The molecule has 1 aromatic carbocycles. The first-order valence-corrected chi connectivity index (χ1v) is 7.09. The number of alkyl halides is 6. The van der Waals surface area contributed by atoms with Gasteiger partial charge in [-0.15, -0.1) is 0 Å². The van der Waals surface area contributed by atoms with Gasteiger partial charge >= 0.3 is 12.4 Å². The highest BCUT2D eigenvalue weighted by Crippen LogP contribution is 2.37. The second-order valence-corrected chi connectivity index (χ2v) is 4.33. The molecule has 0 bridgehead atoms. The van der Waals surface area contributed by atoms with Crippen molar-refractivity contribution in [3.63, 3.8) is 0 Å². The molecule has 2 nitrogen and oxygen atoms in total. The summed E-state index contributed by atoms with van der Waals surface area (Å²) < 4.78 is 74.6. The Morgan fingerprint density at radius 1 is 0.913 bits per heavy atom. The van der Waals surface area contributed by atoms with Crippen molar-refractivity contribution in [3.8, 4) is 0 Å². The van der Waals surface area contributed by atoms with Crippen LogP contribution in [0.25, 0.3) is 0 Å². The van der Waals surface area contributed by atoms with Crippen molar-refractivity contribution in [2.24, 2.45) is 5.18 Å². The fraction of sp³-hybridized carbons (Fsp3) is 0.600. The van der Waals surface area contributed by atoms with Gasteiger partial charge < -0.3 is 0 Å². The number of benzene rings is 1. The summed E-state index contributed by atoms with van der Waals surface area (Å²) in [6, 6.07) is -0.308. The first kappa shape index (κ1) is 23.7. The molecule has 8 heteroatoms. The zero-order valence-corrected chi connectivity index (χ0v) is 13.6. The fourth-order valence-corrected chi connectivity index (χ4v) is 1.28. The average Bonchev–Trinajstić information content (AvgIpc) is 2.47. The number of nitroso groups, excluding NO2 is 1. The maximum absolute atomic E-state index is 12.4. The van der Waals surface area contributed by atoms with E-state index in [1.54, 1.807) is 0 Å². The first-order chi connectivity index (χ1) is 10.5. The van der Waals surface area contributed by atoms with E-state index >= 15 is 0 Å². The van der Waals surface area contributed by atoms with E-state index in [0.29, 0.717) is 12.1 Å². The molecular formula is C15H21F6NO. The first-order valence-electron chi connectivity index (χ1n) is 7.09. The Morgan fingerprint density at radius 3 is 1.43 bits per heavy atom. The molecule has 0 aliphatic rings. The summed E-state index contributed by atoms with van der Waals surface area (Å²) in [5.41, 5.74) is -3.34. The van der Waals surface area contributed by atoms with Gasteiger partial charge in [0.15, 0.2) is 0 Å². The van der Waals surface area contributed by atoms with Crippen LogP contribution in [0.1, 0.15) is 63.8 Å². The van der Waals surface area contributed by atoms with Gasteiger partial charge in [0.05, 0.1) is 11.1 Å². The number of halogens is 6. The molecule has 134 valence electrons. The van der Waals surface area contributed by atoms with E-state index in [1.807, 2.05) is 13.8 Å². The predicted octanol–water partition coefficient (Wildman–Crippen LogP) is 6.99. The Balaban J connectivity index is 0.